The summed E-state index contributed by atoms with van der Waals surface area (Å²) in [4.78, 5) is 0. The number of rotatable bonds is 2. The molecular formula is C12H10. The lowest BCUT2D eigenvalue weighted by molar-refractivity contribution is 0.864. The lowest BCUT2D eigenvalue weighted by atomic mass is 10.0. The van der Waals surface area contributed by atoms with Crippen molar-refractivity contribution in [3.8, 4) is 24.7 Å². The first-order chi connectivity index (χ1) is 5.86. The van der Waals surface area contributed by atoms with Crippen molar-refractivity contribution in [3.63, 3.8) is 0 Å². The molecule has 58 valence electrons. The average molecular weight is 154 g/mol. The van der Waals surface area contributed by atoms with Gasteiger partial charge in [0.1, 0.15) is 0 Å². The molecule has 0 radical (unpaired) electrons. The maximum absolute atomic E-state index is 5.24. The predicted octanol–water partition coefficient (Wildman–Crippen LogP) is 2.11. The van der Waals surface area contributed by atoms with Crippen molar-refractivity contribution in [2.75, 3.05) is 0 Å². The summed E-state index contributed by atoms with van der Waals surface area (Å²) >= 11 is 0. The molecular weight excluding hydrogens is 144 g/mol. The molecule has 0 aliphatic heterocycles. The Hall–Kier alpha value is -1.66. The maximum atomic E-state index is 5.24. The van der Waals surface area contributed by atoms with E-state index in [9.17, 15) is 0 Å². The zero-order valence-electron chi connectivity index (χ0n) is 6.83. The largest absolute Gasteiger partial charge is 0.119 e. The van der Waals surface area contributed by atoms with E-state index in [-0.39, 0.29) is 5.92 Å². The second kappa shape index (κ2) is 4.27. The normalized spacial score (nSPS) is 8.92. The molecule has 0 saturated heterocycles. The van der Waals surface area contributed by atoms with Crippen molar-refractivity contribution in [2.24, 2.45) is 5.92 Å². The smallest absolute Gasteiger partial charge is 0.0846 e. The van der Waals surface area contributed by atoms with Crippen molar-refractivity contribution in [1.29, 1.82) is 0 Å². The highest BCUT2D eigenvalue weighted by atomic mass is 14.0. The number of benzene rings is 1. The van der Waals surface area contributed by atoms with E-state index >= 15 is 0 Å². The van der Waals surface area contributed by atoms with Crippen LogP contribution < -0.4 is 0 Å². The molecule has 0 N–H and O–H groups in total. The predicted molar refractivity (Wildman–Crippen MR) is 51.3 cm³/mol. The summed E-state index contributed by atoms with van der Waals surface area (Å²) in [6.07, 6.45) is 11.2. The second-order valence-electron chi connectivity index (χ2n) is 2.58. The molecule has 0 saturated carbocycles. The first-order valence-electron chi connectivity index (χ1n) is 3.83. The quantitative estimate of drug-likeness (QED) is 0.572. The minimum atomic E-state index is -0.0765. The summed E-state index contributed by atoms with van der Waals surface area (Å²) in [6.45, 7) is 0. The van der Waals surface area contributed by atoms with Crippen molar-refractivity contribution in [2.45, 2.75) is 6.42 Å². The Labute approximate surface area is 73.6 Å². The lowest BCUT2D eigenvalue weighted by Crippen LogP contribution is -1.97. The van der Waals surface area contributed by atoms with E-state index in [1.54, 1.807) is 0 Å². The van der Waals surface area contributed by atoms with E-state index < -0.39 is 0 Å². The second-order valence-corrected chi connectivity index (χ2v) is 2.58. The monoisotopic (exact) mass is 154 g/mol. The molecule has 0 aliphatic carbocycles. The van der Waals surface area contributed by atoms with Crippen LogP contribution in [0.15, 0.2) is 30.3 Å². The highest BCUT2D eigenvalue weighted by Crippen LogP contribution is 2.06. The van der Waals surface area contributed by atoms with Crippen molar-refractivity contribution in [3.05, 3.63) is 35.9 Å². The SMILES string of the molecule is C#CC(C#C)Cc1ccccc1. The first kappa shape index (κ1) is 8.44. The standard InChI is InChI=1S/C12H10/c1-3-11(4-2)10-12-8-6-5-7-9-12/h1-2,5-9,11H,10H2. The van der Waals surface area contributed by atoms with E-state index in [1.165, 1.54) is 5.56 Å². The molecule has 12 heavy (non-hydrogen) atoms. The molecule has 1 aromatic rings. The number of hydrogen-bond acceptors (Lipinski definition) is 0. The Kier molecular flexibility index (Phi) is 3.00. The van der Waals surface area contributed by atoms with Crippen LogP contribution >= 0.6 is 0 Å². The zero-order chi connectivity index (χ0) is 8.81. The van der Waals surface area contributed by atoms with E-state index in [0.717, 1.165) is 6.42 Å². The topological polar surface area (TPSA) is 0 Å². The van der Waals surface area contributed by atoms with Crippen LogP contribution in [0.2, 0.25) is 0 Å². The summed E-state index contributed by atoms with van der Waals surface area (Å²) in [5.41, 5.74) is 1.19. The third-order valence-corrected chi connectivity index (χ3v) is 1.69. The highest BCUT2D eigenvalue weighted by Gasteiger charge is 2.00. The third-order valence-electron chi connectivity index (χ3n) is 1.69. The number of hydrogen-bond donors (Lipinski definition) is 0. The maximum Gasteiger partial charge on any atom is 0.0846 e. The Bertz CT molecular complexity index is 294. The fraction of sp³-hybridized carbons (Fsp3) is 0.167. The average Bonchev–Trinajstić information content (AvgIpc) is 2.16. The Morgan fingerprint density at radius 3 is 2.17 bits per heavy atom. The van der Waals surface area contributed by atoms with Crippen molar-refractivity contribution >= 4 is 0 Å². The van der Waals surface area contributed by atoms with Gasteiger partial charge < -0.3 is 0 Å². The summed E-state index contributed by atoms with van der Waals surface area (Å²) in [6, 6.07) is 10.0. The van der Waals surface area contributed by atoms with Gasteiger partial charge in [0.05, 0.1) is 5.92 Å². The van der Waals surface area contributed by atoms with Gasteiger partial charge in [0.2, 0.25) is 0 Å². The fourth-order valence-electron chi connectivity index (χ4n) is 1.02. The van der Waals surface area contributed by atoms with Gasteiger partial charge in [-0.25, -0.2) is 0 Å². The fourth-order valence-corrected chi connectivity index (χ4v) is 1.02. The lowest BCUT2D eigenvalue weighted by Gasteiger charge is -2.01. The van der Waals surface area contributed by atoms with Crippen molar-refractivity contribution in [1.82, 2.24) is 0 Å². The van der Waals surface area contributed by atoms with Crippen LogP contribution in [0.25, 0.3) is 0 Å². The molecule has 0 heteroatoms. The van der Waals surface area contributed by atoms with Gasteiger partial charge in [-0.05, 0) is 12.0 Å². The van der Waals surface area contributed by atoms with Gasteiger partial charge in [0.25, 0.3) is 0 Å². The minimum Gasteiger partial charge on any atom is -0.119 e. The molecule has 0 fully saturated rings. The van der Waals surface area contributed by atoms with E-state index in [4.69, 9.17) is 12.8 Å². The molecule has 0 atom stereocenters. The molecule has 0 aromatic heterocycles. The molecule has 0 nitrogen and oxygen atoms in total. The van der Waals surface area contributed by atoms with Gasteiger partial charge in [-0.15, -0.1) is 12.8 Å². The van der Waals surface area contributed by atoms with Crippen molar-refractivity contribution < 1.29 is 0 Å². The van der Waals surface area contributed by atoms with Crippen LogP contribution in [0.1, 0.15) is 5.56 Å². The molecule has 0 unspecified atom stereocenters. The van der Waals surface area contributed by atoms with Gasteiger partial charge >= 0.3 is 0 Å². The first-order valence-corrected chi connectivity index (χ1v) is 3.83. The van der Waals surface area contributed by atoms with Crippen LogP contribution in [0.4, 0.5) is 0 Å². The van der Waals surface area contributed by atoms with Crippen LogP contribution in [-0.4, -0.2) is 0 Å². The van der Waals surface area contributed by atoms with E-state index in [1.807, 2.05) is 30.3 Å². The highest BCUT2D eigenvalue weighted by molar-refractivity contribution is 5.21. The Morgan fingerprint density at radius 2 is 1.67 bits per heavy atom. The Morgan fingerprint density at radius 1 is 1.08 bits per heavy atom. The summed E-state index contributed by atoms with van der Waals surface area (Å²) < 4.78 is 0. The molecule has 0 bridgehead atoms. The van der Waals surface area contributed by atoms with E-state index in [0.29, 0.717) is 0 Å². The zero-order valence-corrected chi connectivity index (χ0v) is 6.83. The minimum absolute atomic E-state index is 0.0765. The van der Waals surface area contributed by atoms with Gasteiger partial charge in [-0.3, -0.25) is 0 Å². The van der Waals surface area contributed by atoms with Crippen LogP contribution in [0.5, 0.6) is 0 Å². The summed E-state index contributed by atoms with van der Waals surface area (Å²) in [5.74, 6) is 5.05. The molecule has 1 aromatic carbocycles. The van der Waals surface area contributed by atoms with Gasteiger partial charge in [-0.1, -0.05) is 42.2 Å². The van der Waals surface area contributed by atoms with Crippen LogP contribution in [0.3, 0.4) is 0 Å². The third kappa shape index (κ3) is 2.19. The number of terminal acetylenes is 2. The van der Waals surface area contributed by atoms with Crippen LogP contribution in [-0.2, 0) is 6.42 Å². The van der Waals surface area contributed by atoms with Gasteiger partial charge in [0, 0.05) is 0 Å². The Balaban J connectivity index is 2.66. The van der Waals surface area contributed by atoms with Gasteiger partial charge in [0.15, 0.2) is 0 Å². The van der Waals surface area contributed by atoms with E-state index in [2.05, 4.69) is 11.8 Å². The molecule has 0 heterocycles. The summed E-state index contributed by atoms with van der Waals surface area (Å²) in [5, 5.41) is 0. The summed E-state index contributed by atoms with van der Waals surface area (Å²) in [7, 11) is 0. The molecule has 0 aliphatic rings. The van der Waals surface area contributed by atoms with Crippen LogP contribution in [0, 0.1) is 30.6 Å². The molecule has 0 spiro atoms. The molecule has 0 amide bonds. The van der Waals surface area contributed by atoms with Gasteiger partial charge in [-0.2, -0.15) is 0 Å². The molecule has 1 rings (SSSR count).